The highest BCUT2D eigenvalue weighted by Crippen LogP contribution is 2.22. The van der Waals surface area contributed by atoms with E-state index in [1.54, 1.807) is 4.90 Å². The molecule has 0 bridgehead atoms. The van der Waals surface area contributed by atoms with Crippen LogP contribution < -0.4 is 0 Å². The van der Waals surface area contributed by atoms with Crippen LogP contribution in [0.25, 0.3) is 0 Å². The zero-order valence-electron chi connectivity index (χ0n) is 9.55. The van der Waals surface area contributed by atoms with Crippen LogP contribution in [0.15, 0.2) is 10.6 Å². The lowest BCUT2D eigenvalue weighted by molar-refractivity contribution is -0.128. The van der Waals surface area contributed by atoms with Crippen molar-refractivity contribution >= 4 is 11.9 Å². The standard InChI is InChI=1S/C11H14N2O4/c1-2-7-3-10(14)13(5-7)6-8-4-9(11(15)16)12-17-8/h4,7H,2-3,5-6H2,1H3,(H,15,16). The van der Waals surface area contributed by atoms with Crippen LogP contribution >= 0.6 is 0 Å². The van der Waals surface area contributed by atoms with Crippen LogP contribution in [0.5, 0.6) is 0 Å². The molecule has 1 fully saturated rings. The van der Waals surface area contributed by atoms with Gasteiger partial charge in [-0.05, 0) is 5.92 Å². The monoisotopic (exact) mass is 238 g/mol. The fourth-order valence-corrected chi connectivity index (χ4v) is 1.96. The van der Waals surface area contributed by atoms with Gasteiger partial charge in [-0.25, -0.2) is 4.79 Å². The van der Waals surface area contributed by atoms with Gasteiger partial charge < -0.3 is 14.5 Å². The van der Waals surface area contributed by atoms with Crippen molar-refractivity contribution in [2.45, 2.75) is 26.3 Å². The van der Waals surface area contributed by atoms with Gasteiger partial charge >= 0.3 is 5.97 Å². The zero-order chi connectivity index (χ0) is 12.4. The van der Waals surface area contributed by atoms with E-state index in [0.717, 1.165) is 6.42 Å². The number of aromatic carboxylic acids is 1. The molecule has 1 amide bonds. The van der Waals surface area contributed by atoms with Crippen LogP contribution in [0.1, 0.15) is 36.0 Å². The van der Waals surface area contributed by atoms with Gasteiger partial charge in [0.05, 0.1) is 6.54 Å². The zero-order valence-corrected chi connectivity index (χ0v) is 9.55. The summed E-state index contributed by atoms with van der Waals surface area (Å²) in [5.74, 6) is -0.235. The summed E-state index contributed by atoms with van der Waals surface area (Å²) in [6.07, 6.45) is 1.54. The molecule has 0 spiro atoms. The molecule has 92 valence electrons. The maximum Gasteiger partial charge on any atom is 0.358 e. The number of carboxylic acid groups (broad SMARTS) is 1. The fourth-order valence-electron chi connectivity index (χ4n) is 1.96. The predicted octanol–water partition coefficient (Wildman–Crippen LogP) is 1.13. The van der Waals surface area contributed by atoms with E-state index in [2.05, 4.69) is 12.1 Å². The quantitative estimate of drug-likeness (QED) is 0.850. The minimum atomic E-state index is -1.13. The van der Waals surface area contributed by atoms with E-state index < -0.39 is 5.97 Å². The van der Waals surface area contributed by atoms with E-state index in [-0.39, 0.29) is 11.6 Å². The maximum absolute atomic E-state index is 11.6. The van der Waals surface area contributed by atoms with E-state index in [0.29, 0.717) is 31.2 Å². The van der Waals surface area contributed by atoms with Crippen molar-refractivity contribution in [3.63, 3.8) is 0 Å². The van der Waals surface area contributed by atoms with Gasteiger partial charge in [0.1, 0.15) is 0 Å². The lowest BCUT2D eigenvalue weighted by atomic mass is 10.1. The van der Waals surface area contributed by atoms with Crippen molar-refractivity contribution in [2.75, 3.05) is 6.54 Å². The summed E-state index contributed by atoms with van der Waals surface area (Å²) in [6.45, 7) is 3.06. The van der Waals surface area contributed by atoms with Crippen LogP contribution in [0.4, 0.5) is 0 Å². The number of carboxylic acids is 1. The molecule has 0 aromatic carbocycles. The molecule has 2 rings (SSSR count). The van der Waals surface area contributed by atoms with E-state index in [1.165, 1.54) is 6.07 Å². The van der Waals surface area contributed by atoms with Gasteiger partial charge in [-0.3, -0.25) is 4.79 Å². The minimum Gasteiger partial charge on any atom is -0.476 e. The molecule has 0 saturated carbocycles. The van der Waals surface area contributed by atoms with Gasteiger partial charge in [0, 0.05) is 19.0 Å². The number of rotatable bonds is 4. The Morgan fingerprint density at radius 2 is 2.47 bits per heavy atom. The normalized spacial score (nSPS) is 19.9. The largest absolute Gasteiger partial charge is 0.476 e. The first-order valence-electron chi connectivity index (χ1n) is 5.56. The molecular formula is C11H14N2O4. The van der Waals surface area contributed by atoms with Crippen LogP contribution in [0, 0.1) is 5.92 Å². The number of aromatic nitrogens is 1. The van der Waals surface area contributed by atoms with Gasteiger partial charge in [0.25, 0.3) is 0 Å². The molecule has 1 aromatic heterocycles. The van der Waals surface area contributed by atoms with Crippen molar-refractivity contribution < 1.29 is 19.2 Å². The molecule has 1 atom stereocenters. The average molecular weight is 238 g/mol. The molecule has 2 heterocycles. The second-order valence-electron chi connectivity index (χ2n) is 4.24. The number of nitrogens with zero attached hydrogens (tertiary/aromatic N) is 2. The Morgan fingerprint density at radius 3 is 3.00 bits per heavy atom. The third kappa shape index (κ3) is 2.46. The number of carbonyl (C=O) groups excluding carboxylic acids is 1. The summed E-state index contributed by atoms with van der Waals surface area (Å²) >= 11 is 0. The molecule has 1 aliphatic heterocycles. The van der Waals surface area contributed by atoms with E-state index in [4.69, 9.17) is 9.63 Å². The lowest BCUT2D eigenvalue weighted by Crippen LogP contribution is -2.24. The van der Waals surface area contributed by atoms with Crippen molar-refractivity contribution in [3.8, 4) is 0 Å². The molecule has 0 aliphatic carbocycles. The maximum atomic E-state index is 11.6. The van der Waals surface area contributed by atoms with Crippen molar-refractivity contribution in [3.05, 3.63) is 17.5 Å². The number of hydrogen-bond acceptors (Lipinski definition) is 4. The molecule has 6 nitrogen and oxygen atoms in total. The van der Waals surface area contributed by atoms with Crippen molar-refractivity contribution in [1.29, 1.82) is 0 Å². The first kappa shape index (κ1) is 11.6. The molecule has 0 radical (unpaired) electrons. The highest BCUT2D eigenvalue weighted by molar-refractivity contribution is 5.85. The van der Waals surface area contributed by atoms with Crippen LogP contribution in [0.3, 0.4) is 0 Å². The highest BCUT2D eigenvalue weighted by Gasteiger charge is 2.29. The average Bonchev–Trinajstić information content (AvgIpc) is 2.87. The Balaban J connectivity index is 2.01. The molecular weight excluding hydrogens is 224 g/mol. The Labute approximate surface area is 98.2 Å². The molecule has 1 aromatic rings. The van der Waals surface area contributed by atoms with Crippen LogP contribution in [-0.2, 0) is 11.3 Å². The number of hydrogen-bond donors (Lipinski definition) is 1. The van der Waals surface area contributed by atoms with Gasteiger partial charge in [-0.1, -0.05) is 18.5 Å². The SMILES string of the molecule is CCC1CC(=O)N(Cc2cc(C(=O)O)no2)C1. The number of amides is 1. The Bertz CT molecular complexity index is 440. The van der Waals surface area contributed by atoms with Crippen molar-refractivity contribution in [1.82, 2.24) is 10.1 Å². The van der Waals surface area contributed by atoms with Crippen molar-refractivity contribution in [2.24, 2.45) is 5.92 Å². The third-order valence-electron chi connectivity index (χ3n) is 3.00. The Kier molecular flexibility index (Phi) is 3.12. The molecule has 1 unspecified atom stereocenters. The Hall–Kier alpha value is -1.85. The topological polar surface area (TPSA) is 83.6 Å². The van der Waals surface area contributed by atoms with Gasteiger partial charge in [0.2, 0.25) is 5.91 Å². The molecule has 1 saturated heterocycles. The first-order valence-corrected chi connectivity index (χ1v) is 5.56. The second kappa shape index (κ2) is 4.57. The molecule has 17 heavy (non-hydrogen) atoms. The summed E-state index contributed by atoms with van der Waals surface area (Å²) in [5, 5.41) is 12.1. The number of carbonyl (C=O) groups is 2. The summed E-state index contributed by atoms with van der Waals surface area (Å²) in [5.41, 5.74) is -0.126. The third-order valence-corrected chi connectivity index (χ3v) is 3.00. The number of likely N-dealkylation sites (tertiary alicyclic amines) is 1. The lowest BCUT2D eigenvalue weighted by Gasteiger charge is -2.13. The van der Waals surface area contributed by atoms with E-state index >= 15 is 0 Å². The summed E-state index contributed by atoms with van der Waals surface area (Å²) in [4.78, 5) is 23.9. The minimum absolute atomic E-state index is 0.0881. The first-order chi connectivity index (χ1) is 8.10. The fraction of sp³-hybridized carbons (Fsp3) is 0.545. The van der Waals surface area contributed by atoms with E-state index in [9.17, 15) is 9.59 Å². The van der Waals surface area contributed by atoms with Crippen LogP contribution in [0.2, 0.25) is 0 Å². The van der Waals surface area contributed by atoms with E-state index in [1.807, 2.05) is 0 Å². The van der Waals surface area contributed by atoms with Gasteiger partial charge in [0.15, 0.2) is 11.5 Å². The second-order valence-corrected chi connectivity index (χ2v) is 4.24. The van der Waals surface area contributed by atoms with Gasteiger partial charge in [-0.2, -0.15) is 0 Å². The summed E-state index contributed by atoms with van der Waals surface area (Å²) in [6, 6.07) is 1.36. The summed E-state index contributed by atoms with van der Waals surface area (Å²) in [7, 11) is 0. The molecule has 6 heteroatoms. The highest BCUT2D eigenvalue weighted by atomic mass is 16.5. The van der Waals surface area contributed by atoms with Gasteiger partial charge in [-0.15, -0.1) is 0 Å². The van der Waals surface area contributed by atoms with Crippen LogP contribution in [-0.4, -0.2) is 33.6 Å². The predicted molar refractivity (Wildman–Crippen MR) is 57.3 cm³/mol. The Morgan fingerprint density at radius 1 is 1.71 bits per heavy atom. The summed E-state index contributed by atoms with van der Waals surface area (Å²) < 4.78 is 4.88. The smallest absolute Gasteiger partial charge is 0.358 e. The molecule has 1 N–H and O–H groups in total. The molecule has 1 aliphatic rings.